The van der Waals surface area contributed by atoms with Gasteiger partial charge in [0, 0.05) is 6.04 Å². The Bertz CT molecular complexity index is 499. The van der Waals surface area contributed by atoms with Gasteiger partial charge < -0.3 is 5.32 Å². The predicted octanol–water partition coefficient (Wildman–Crippen LogP) is 4.42. The third-order valence-electron chi connectivity index (χ3n) is 7.44. The van der Waals surface area contributed by atoms with Crippen LogP contribution in [0.25, 0.3) is 0 Å². The molecule has 6 rings (SSSR count). The van der Waals surface area contributed by atoms with Gasteiger partial charge in [-0.2, -0.15) is 0 Å². The van der Waals surface area contributed by atoms with E-state index in [9.17, 15) is 0 Å². The average molecular weight is 295 g/mol. The Morgan fingerprint density at radius 1 is 0.909 bits per heavy atom. The Morgan fingerprint density at radius 2 is 1.55 bits per heavy atom. The van der Waals surface area contributed by atoms with Crippen molar-refractivity contribution in [1.82, 2.24) is 5.32 Å². The molecule has 1 aliphatic heterocycles. The van der Waals surface area contributed by atoms with E-state index >= 15 is 0 Å². The highest BCUT2D eigenvalue weighted by molar-refractivity contribution is 5.17. The monoisotopic (exact) mass is 295 g/mol. The summed E-state index contributed by atoms with van der Waals surface area (Å²) in [5.74, 6) is 4.10. The van der Waals surface area contributed by atoms with Crippen molar-refractivity contribution in [3.05, 3.63) is 35.9 Å². The van der Waals surface area contributed by atoms with Gasteiger partial charge >= 0.3 is 0 Å². The van der Waals surface area contributed by atoms with Crippen LogP contribution in [0.3, 0.4) is 0 Å². The molecule has 0 aromatic heterocycles. The molecule has 0 radical (unpaired) electrons. The lowest BCUT2D eigenvalue weighted by atomic mass is 9.47. The summed E-state index contributed by atoms with van der Waals surface area (Å²) in [5.41, 5.74) is 2.22. The lowest BCUT2D eigenvalue weighted by Gasteiger charge is -2.60. The Balaban J connectivity index is 1.39. The van der Waals surface area contributed by atoms with E-state index in [2.05, 4.69) is 35.6 Å². The van der Waals surface area contributed by atoms with E-state index < -0.39 is 0 Å². The molecule has 4 aliphatic carbocycles. The lowest BCUT2D eigenvalue weighted by Crippen LogP contribution is -2.56. The first kappa shape index (κ1) is 13.6. The van der Waals surface area contributed by atoms with Gasteiger partial charge in [-0.15, -0.1) is 0 Å². The molecular formula is C21H29N. The second kappa shape index (κ2) is 5.09. The quantitative estimate of drug-likeness (QED) is 0.870. The van der Waals surface area contributed by atoms with Crippen LogP contribution in [0.4, 0.5) is 0 Å². The molecule has 1 saturated heterocycles. The molecule has 2 atom stereocenters. The zero-order valence-corrected chi connectivity index (χ0v) is 13.6. The highest BCUT2D eigenvalue weighted by Crippen LogP contribution is 2.62. The van der Waals surface area contributed by atoms with E-state index in [-0.39, 0.29) is 0 Å². The fourth-order valence-corrected chi connectivity index (χ4v) is 7.17. The zero-order valence-electron chi connectivity index (χ0n) is 13.6. The molecular weight excluding hydrogens is 266 g/mol. The van der Waals surface area contributed by atoms with Crippen LogP contribution in [0.1, 0.15) is 50.5 Å². The molecule has 1 heteroatoms. The van der Waals surface area contributed by atoms with Gasteiger partial charge in [0.2, 0.25) is 0 Å². The normalized spacial score (nSPS) is 46.3. The van der Waals surface area contributed by atoms with E-state index in [1.54, 1.807) is 44.1 Å². The number of nitrogens with one attached hydrogen (secondary N) is 1. The molecule has 0 spiro atoms. The fourth-order valence-electron chi connectivity index (χ4n) is 7.17. The van der Waals surface area contributed by atoms with Crippen molar-refractivity contribution in [2.24, 2.45) is 29.1 Å². The third kappa shape index (κ3) is 2.16. The van der Waals surface area contributed by atoms with Crippen LogP contribution >= 0.6 is 0 Å². The second-order valence-electron chi connectivity index (χ2n) is 8.95. The average Bonchev–Trinajstić information content (AvgIpc) is 2.96. The summed E-state index contributed by atoms with van der Waals surface area (Å²) in [7, 11) is 0. The van der Waals surface area contributed by atoms with E-state index in [0.717, 1.165) is 29.7 Å². The number of hydrogen-bond acceptors (Lipinski definition) is 1. The highest BCUT2D eigenvalue weighted by atomic mass is 15.0. The van der Waals surface area contributed by atoms with Crippen molar-refractivity contribution in [1.29, 1.82) is 0 Å². The summed E-state index contributed by atoms with van der Waals surface area (Å²) in [4.78, 5) is 0. The van der Waals surface area contributed by atoms with Gasteiger partial charge in [0.05, 0.1) is 0 Å². The maximum Gasteiger partial charge on any atom is 0.0156 e. The first-order valence-electron chi connectivity index (χ1n) is 9.58. The number of hydrogen-bond donors (Lipinski definition) is 1. The van der Waals surface area contributed by atoms with Crippen molar-refractivity contribution in [2.75, 3.05) is 6.54 Å². The topological polar surface area (TPSA) is 12.0 Å². The molecule has 4 bridgehead atoms. The minimum atomic E-state index is 0.671. The molecule has 22 heavy (non-hydrogen) atoms. The minimum absolute atomic E-state index is 0.671. The molecule has 1 N–H and O–H groups in total. The van der Waals surface area contributed by atoms with Crippen LogP contribution in [0.2, 0.25) is 0 Å². The standard InChI is InChI=1S/C21H29N/c1-2-4-15(5-3-1)11-19-6-7-22-20(19)21-12-16-8-17(13-21)10-18(9-16)14-21/h1-5,16-20,22H,6-14H2. The highest BCUT2D eigenvalue weighted by Gasteiger charge is 2.56. The maximum absolute atomic E-state index is 3.98. The Hall–Kier alpha value is -0.820. The Morgan fingerprint density at radius 3 is 2.18 bits per heavy atom. The van der Waals surface area contributed by atoms with Gasteiger partial charge in [0.25, 0.3) is 0 Å². The Kier molecular flexibility index (Phi) is 3.15. The van der Waals surface area contributed by atoms with Crippen LogP contribution < -0.4 is 5.32 Å². The van der Waals surface area contributed by atoms with Crippen molar-refractivity contribution < 1.29 is 0 Å². The van der Waals surface area contributed by atoms with Crippen molar-refractivity contribution in [3.8, 4) is 0 Å². The molecule has 1 aromatic carbocycles. The number of benzene rings is 1. The SMILES string of the molecule is c1ccc(CC2CCNC2C23CC4CC(CC(C4)C2)C3)cc1. The summed E-state index contributed by atoms with van der Waals surface area (Å²) in [6.45, 7) is 1.25. The molecule has 1 aromatic rings. The number of rotatable bonds is 3. The molecule has 4 saturated carbocycles. The summed E-state index contributed by atoms with van der Waals surface area (Å²) >= 11 is 0. The summed E-state index contributed by atoms with van der Waals surface area (Å²) in [6.07, 6.45) is 12.0. The second-order valence-corrected chi connectivity index (χ2v) is 8.95. The smallest absolute Gasteiger partial charge is 0.0156 e. The van der Waals surface area contributed by atoms with Crippen molar-refractivity contribution in [3.63, 3.8) is 0 Å². The van der Waals surface area contributed by atoms with Crippen molar-refractivity contribution in [2.45, 2.75) is 57.4 Å². The van der Waals surface area contributed by atoms with E-state index in [0.29, 0.717) is 5.41 Å². The summed E-state index contributed by atoms with van der Waals surface area (Å²) < 4.78 is 0. The van der Waals surface area contributed by atoms with Gasteiger partial charge in [-0.3, -0.25) is 0 Å². The Labute approximate surface area is 134 Å². The van der Waals surface area contributed by atoms with Gasteiger partial charge in [-0.25, -0.2) is 0 Å². The molecule has 0 amide bonds. The summed E-state index contributed by atoms with van der Waals surface area (Å²) in [6, 6.07) is 12.0. The molecule has 118 valence electrons. The molecule has 1 nitrogen and oxygen atoms in total. The third-order valence-corrected chi connectivity index (χ3v) is 7.44. The first-order valence-corrected chi connectivity index (χ1v) is 9.58. The van der Waals surface area contributed by atoms with Gasteiger partial charge in [-0.05, 0) is 92.6 Å². The zero-order chi connectivity index (χ0) is 14.6. The minimum Gasteiger partial charge on any atom is -0.313 e. The van der Waals surface area contributed by atoms with E-state index in [4.69, 9.17) is 0 Å². The molecule has 5 aliphatic rings. The van der Waals surface area contributed by atoms with Crippen LogP contribution in [0, 0.1) is 29.1 Å². The van der Waals surface area contributed by atoms with Gasteiger partial charge in [0.1, 0.15) is 0 Å². The summed E-state index contributed by atoms with van der Waals surface area (Å²) in [5, 5.41) is 3.98. The van der Waals surface area contributed by atoms with E-state index in [1.807, 2.05) is 0 Å². The van der Waals surface area contributed by atoms with Gasteiger partial charge in [0.15, 0.2) is 0 Å². The molecule has 1 heterocycles. The predicted molar refractivity (Wildman–Crippen MR) is 90.6 cm³/mol. The van der Waals surface area contributed by atoms with Gasteiger partial charge in [-0.1, -0.05) is 30.3 Å². The largest absolute Gasteiger partial charge is 0.313 e. The van der Waals surface area contributed by atoms with Crippen LogP contribution in [0.15, 0.2) is 30.3 Å². The van der Waals surface area contributed by atoms with Crippen molar-refractivity contribution >= 4 is 0 Å². The van der Waals surface area contributed by atoms with Crippen LogP contribution in [0.5, 0.6) is 0 Å². The molecule has 2 unspecified atom stereocenters. The van der Waals surface area contributed by atoms with Crippen LogP contribution in [-0.2, 0) is 6.42 Å². The van der Waals surface area contributed by atoms with Crippen LogP contribution in [-0.4, -0.2) is 12.6 Å². The molecule has 5 fully saturated rings. The first-order chi connectivity index (χ1) is 10.8. The van der Waals surface area contributed by atoms with E-state index in [1.165, 1.54) is 19.4 Å². The maximum atomic E-state index is 3.98. The fraction of sp³-hybridized carbons (Fsp3) is 0.714. The lowest BCUT2D eigenvalue weighted by molar-refractivity contribution is -0.0782.